The average molecular weight is 546 g/mol. The Bertz CT molecular complexity index is 1770. The van der Waals surface area contributed by atoms with E-state index in [1.165, 1.54) is 0 Å². The van der Waals surface area contributed by atoms with Crippen LogP contribution in [-0.4, -0.2) is 24.5 Å². The Hall–Kier alpha value is -4.84. The molecule has 1 unspecified atom stereocenters. The molecule has 0 fully saturated rings. The average Bonchev–Trinajstić information content (AvgIpc) is 3.28. The minimum Gasteiger partial charge on any atom is -0.497 e. The standard InChI is InChI=1S/C35H31NO5/c1-22-19-23(2)33-29(20-22)32(37)30-31(26-11-15-28(16-12-26)40-21-25-7-5-4-6-8-25)36(35(38)34(30)41-33)18-17-24-9-13-27(39-3)14-10-24/h4-16,19-20,31H,17-18,21H2,1-3H3. The van der Waals surface area contributed by atoms with E-state index in [1.807, 2.05) is 105 Å². The van der Waals surface area contributed by atoms with Crippen molar-refractivity contribution < 1.29 is 18.7 Å². The van der Waals surface area contributed by atoms with E-state index in [0.29, 0.717) is 41.9 Å². The fraction of sp³-hybridized carbons (Fsp3) is 0.200. The van der Waals surface area contributed by atoms with Gasteiger partial charge in [-0.1, -0.05) is 60.7 Å². The van der Waals surface area contributed by atoms with Gasteiger partial charge in [0, 0.05) is 6.54 Å². The van der Waals surface area contributed by atoms with E-state index in [0.717, 1.165) is 33.6 Å². The third kappa shape index (κ3) is 5.09. The number of aryl methyl sites for hydroxylation is 2. The predicted octanol–water partition coefficient (Wildman–Crippen LogP) is 6.79. The summed E-state index contributed by atoms with van der Waals surface area (Å²) in [6, 6.07) is 28.6. The molecule has 0 aliphatic carbocycles. The van der Waals surface area contributed by atoms with Crippen LogP contribution in [0.15, 0.2) is 100 Å². The van der Waals surface area contributed by atoms with Crippen LogP contribution in [0.4, 0.5) is 0 Å². The molecule has 6 nitrogen and oxygen atoms in total. The van der Waals surface area contributed by atoms with E-state index in [2.05, 4.69) is 0 Å². The zero-order valence-corrected chi connectivity index (χ0v) is 23.3. The number of amides is 1. The molecular weight excluding hydrogens is 514 g/mol. The number of methoxy groups -OCH3 is 1. The molecular formula is C35H31NO5. The molecule has 0 saturated carbocycles. The molecule has 2 heterocycles. The molecule has 0 bridgehead atoms. The second kappa shape index (κ2) is 11.0. The van der Waals surface area contributed by atoms with Crippen LogP contribution >= 0.6 is 0 Å². The molecule has 6 heteroatoms. The first kappa shape index (κ1) is 26.4. The van der Waals surface area contributed by atoms with Crippen LogP contribution < -0.4 is 14.9 Å². The van der Waals surface area contributed by atoms with Crippen molar-refractivity contribution in [3.05, 3.63) is 140 Å². The first-order valence-electron chi connectivity index (χ1n) is 13.7. The topological polar surface area (TPSA) is 69.0 Å². The van der Waals surface area contributed by atoms with E-state index in [1.54, 1.807) is 12.0 Å². The van der Waals surface area contributed by atoms with Gasteiger partial charge >= 0.3 is 0 Å². The largest absolute Gasteiger partial charge is 0.497 e. The molecule has 5 aromatic rings. The summed E-state index contributed by atoms with van der Waals surface area (Å²) in [5, 5.41) is 0.499. The highest BCUT2D eigenvalue weighted by Crippen LogP contribution is 2.39. The van der Waals surface area contributed by atoms with Gasteiger partial charge in [-0.25, -0.2) is 0 Å². The lowest BCUT2D eigenvalue weighted by atomic mass is 9.97. The van der Waals surface area contributed by atoms with Crippen LogP contribution in [0.25, 0.3) is 11.0 Å². The fourth-order valence-electron chi connectivity index (χ4n) is 5.58. The quantitative estimate of drug-likeness (QED) is 0.215. The zero-order valence-electron chi connectivity index (χ0n) is 23.3. The van der Waals surface area contributed by atoms with Crippen LogP contribution in [0, 0.1) is 13.8 Å². The van der Waals surface area contributed by atoms with Crippen molar-refractivity contribution in [3.63, 3.8) is 0 Å². The number of hydrogen-bond donors (Lipinski definition) is 0. The van der Waals surface area contributed by atoms with Crippen LogP contribution in [0.2, 0.25) is 0 Å². The van der Waals surface area contributed by atoms with Gasteiger partial charge in [0.25, 0.3) is 5.91 Å². The summed E-state index contributed by atoms with van der Waals surface area (Å²) in [7, 11) is 1.63. The van der Waals surface area contributed by atoms with E-state index < -0.39 is 6.04 Å². The molecule has 1 atom stereocenters. The zero-order chi connectivity index (χ0) is 28.5. The maximum Gasteiger partial charge on any atom is 0.290 e. The molecule has 1 aliphatic rings. The number of hydrogen-bond acceptors (Lipinski definition) is 5. The van der Waals surface area contributed by atoms with Crippen molar-refractivity contribution in [2.24, 2.45) is 0 Å². The van der Waals surface area contributed by atoms with Crippen molar-refractivity contribution in [1.82, 2.24) is 4.90 Å². The van der Waals surface area contributed by atoms with Crippen molar-refractivity contribution in [3.8, 4) is 11.5 Å². The first-order chi connectivity index (χ1) is 19.9. The van der Waals surface area contributed by atoms with Gasteiger partial charge < -0.3 is 18.8 Å². The Labute approximate surface area is 238 Å². The molecule has 206 valence electrons. The Morgan fingerprint density at radius 3 is 2.24 bits per heavy atom. The molecule has 0 N–H and O–H groups in total. The monoisotopic (exact) mass is 545 g/mol. The van der Waals surface area contributed by atoms with Crippen molar-refractivity contribution in [2.45, 2.75) is 32.9 Å². The van der Waals surface area contributed by atoms with E-state index >= 15 is 0 Å². The van der Waals surface area contributed by atoms with Gasteiger partial charge in [0.05, 0.1) is 24.1 Å². The summed E-state index contributed by atoms with van der Waals surface area (Å²) in [6.45, 7) is 4.72. The first-order valence-corrected chi connectivity index (χ1v) is 13.7. The summed E-state index contributed by atoms with van der Waals surface area (Å²) in [5.41, 5.74) is 5.46. The molecule has 4 aromatic carbocycles. The summed E-state index contributed by atoms with van der Waals surface area (Å²) in [6.07, 6.45) is 0.615. The van der Waals surface area contributed by atoms with Gasteiger partial charge in [-0.15, -0.1) is 0 Å². The second-order valence-corrected chi connectivity index (χ2v) is 10.5. The Morgan fingerprint density at radius 1 is 0.829 bits per heavy atom. The smallest absolute Gasteiger partial charge is 0.290 e. The van der Waals surface area contributed by atoms with Gasteiger partial charge in [-0.2, -0.15) is 0 Å². The molecule has 6 rings (SSSR count). The van der Waals surface area contributed by atoms with E-state index in [-0.39, 0.29) is 17.1 Å². The summed E-state index contributed by atoms with van der Waals surface area (Å²) < 4.78 is 17.5. The number of rotatable bonds is 8. The lowest BCUT2D eigenvalue weighted by Gasteiger charge is -2.25. The normalized spacial score (nSPS) is 14.4. The maximum atomic E-state index is 14.0. The lowest BCUT2D eigenvalue weighted by Crippen LogP contribution is -2.31. The molecule has 1 aliphatic heterocycles. The Balaban J connectivity index is 1.37. The molecule has 1 amide bonds. The third-order valence-electron chi connectivity index (χ3n) is 7.64. The number of carbonyl (C=O) groups is 1. The Kier molecular flexibility index (Phi) is 7.06. The number of ether oxygens (including phenoxy) is 2. The van der Waals surface area contributed by atoms with Crippen LogP contribution in [0.1, 0.15) is 50.0 Å². The van der Waals surface area contributed by atoms with Crippen LogP contribution in [0.3, 0.4) is 0 Å². The number of fused-ring (bicyclic) bond motifs is 2. The van der Waals surface area contributed by atoms with Crippen LogP contribution in [0.5, 0.6) is 11.5 Å². The SMILES string of the molecule is COc1ccc(CCN2C(=O)c3oc4c(C)cc(C)cc4c(=O)c3C2c2ccc(OCc3ccccc3)cc2)cc1. The van der Waals surface area contributed by atoms with E-state index in [9.17, 15) is 9.59 Å². The van der Waals surface area contributed by atoms with Crippen molar-refractivity contribution in [2.75, 3.05) is 13.7 Å². The fourth-order valence-corrected chi connectivity index (χ4v) is 5.58. The van der Waals surface area contributed by atoms with Gasteiger partial charge in [-0.05, 0) is 78.4 Å². The molecule has 1 aromatic heterocycles. The summed E-state index contributed by atoms with van der Waals surface area (Å²) >= 11 is 0. The van der Waals surface area contributed by atoms with Crippen LogP contribution in [-0.2, 0) is 13.0 Å². The molecule has 41 heavy (non-hydrogen) atoms. The van der Waals surface area contributed by atoms with Crippen molar-refractivity contribution in [1.29, 1.82) is 0 Å². The predicted molar refractivity (Wildman–Crippen MR) is 159 cm³/mol. The lowest BCUT2D eigenvalue weighted by molar-refractivity contribution is 0.0730. The summed E-state index contributed by atoms with van der Waals surface area (Å²) in [4.78, 5) is 29.6. The molecule has 0 radical (unpaired) electrons. The number of benzene rings is 4. The molecule has 0 saturated heterocycles. The highest BCUT2D eigenvalue weighted by atomic mass is 16.5. The minimum absolute atomic E-state index is 0.124. The van der Waals surface area contributed by atoms with Crippen molar-refractivity contribution >= 4 is 16.9 Å². The Morgan fingerprint density at radius 2 is 1.54 bits per heavy atom. The highest BCUT2D eigenvalue weighted by Gasteiger charge is 2.42. The highest BCUT2D eigenvalue weighted by molar-refractivity contribution is 5.99. The maximum absolute atomic E-state index is 14.0. The van der Waals surface area contributed by atoms with Gasteiger partial charge in [0.15, 0.2) is 5.43 Å². The molecule has 0 spiro atoms. The number of nitrogens with zero attached hydrogens (tertiary/aromatic N) is 1. The van der Waals surface area contributed by atoms with Gasteiger partial charge in [0.2, 0.25) is 5.76 Å². The second-order valence-electron chi connectivity index (χ2n) is 10.5. The number of carbonyl (C=O) groups excluding carboxylic acids is 1. The van der Waals surface area contributed by atoms with Gasteiger partial charge in [-0.3, -0.25) is 9.59 Å². The summed E-state index contributed by atoms with van der Waals surface area (Å²) in [5.74, 6) is 1.34. The van der Waals surface area contributed by atoms with E-state index in [4.69, 9.17) is 13.9 Å². The van der Waals surface area contributed by atoms with Gasteiger partial charge in [0.1, 0.15) is 23.7 Å². The third-order valence-corrected chi connectivity index (χ3v) is 7.64. The minimum atomic E-state index is -0.569.